The summed E-state index contributed by atoms with van der Waals surface area (Å²) in [5.41, 5.74) is 0. The number of rotatable bonds is 66. The molecule has 0 aliphatic carbocycles. The first-order valence-corrected chi connectivity index (χ1v) is 36.2. The number of aliphatic carboxylic acids is 1. The highest BCUT2D eigenvalue weighted by molar-refractivity contribution is 5.70. The fraction of sp³-hybridized carbons (Fsp3) is 0.709. The van der Waals surface area contributed by atoms with Gasteiger partial charge in [0.1, 0.15) is 13.2 Å². The molecule has 0 aliphatic rings. The Morgan fingerprint density at radius 1 is 0.352 bits per heavy atom. The third kappa shape index (κ3) is 69.2. The van der Waals surface area contributed by atoms with Crippen molar-refractivity contribution in [3.63, 3.8) is 0 Å². The summed E-state index contributed by atoms with van der Waals surface area (Å²) >= 11 is 0. The lowest BCUT2D eigenvalue weighted by Crippen LogP contribution is -2.44. The van der Waals surface area contributed by atoms with E-state index in [2.05, 4.69) is 135 Å². The van der Waals surface area contributed by atoms with Gasteiger partial charge in [0.2, 0.25) is 0 Å². The Labute approximate surface area is 542 Å². The van der Waals surface area contributed by atoms with E-state index in [1.54, 1.807) is 0 Å². The van der Waals surface area contributed by atoms with E-state index in [-0.39, 0.29) is 38.6 Å². The average Bonchev–Trinajstić information content (AvgIpc) is 3.52. The van der Waals surface area contributed by atoms with Gasteiger partial charge in [-0.1, -0.05) is 322 Å². The molecule has 0 aromatic heterocycles. The Balaban J connectivity index is 4.15. The number of hydrogen-bond acceptors (Lipinski definition) is 8. The second kappa shape index (κ2) is 68.6. The minimum absolute atomic E-state index is 0.142. The molecule has 0 rings (SSSR count). The SMILES string of the molecule is CC/C=C\C/C=C\C/C=C\C/C=C\C/C=C\C/C=C\C/C=C\C/C=C\C/C=C\C/C=C\CCCCCCCCCCC(=O)OC(COC(=O)CCCCCCCCCCCCCCCCCCCCCCCCCC)COC(OCC[N+](C)(C)C)C(=O)[O-]. The summed E-state index contributed by atoms with van der Waals surface area (Å²) in [7, 11) is 5.93. The number of carboxylic acid groups (broad SMARTS) is 1. The van der Waals surface area contributed by atoms with Crippen molar-refractivity contribution >= 4 is 17.9 Å². The second-order valence-corrected chi connectivity index (χ2v) is 25.2. The van der Waals surface area contributed by atoms with Crippen LogP contribution in [0.2, 0.25) is 0 Å². The molecule has 0 heterocycles. The molecule has 0 saturated carbocycles. The van der Waals surface area contributed by atoms with Crippen LogP contribution < -0.4 is 5.11 Å². The molecule has 0 aromatic carbocycles. The highest BCUT2D eigenvalue weighted by Gasteiger charge is 2.22. The van der Waals surface area contributed by atoms with E-state index in [4.69, 9.17) is 18.9 Å². The predicted octanol–water partition coefficient (Wildman–Crippen LogP) is 21.4. The van der Waals surface area contributed by atoms with Gasteiger partial charge in [0.25, 0.3) is 0 Å². The fourth-order valence-corrected chi connectivity index (χ4v) is 9.98. The van der Waals surface area contributed by atoms with Gasteiger partial charge < -0.3 is 33.3 Å². The molecule has 0 spiro atoms. The van der Waals surface area contributed by atoms with Gasteiger partial charge in [-0.15, -0.1) is 0 Å². The van der Waals surface area contributed by atoms with Crippen LogP contribution in [0.1, 0.15) is 303 Å². The first kappa shape index (κ1) is 83.7. The number of carboxylic acids is 1. The largest absolute Gasteiger partial charge is 0.545 e. The van der Waals surface area contributed by atoms with E-state index in [1.165, 1.54) is 161 Å². The summed E-state index contributed by atoms with van der Waals surface area (Å²) in [6.45, 7) is 4.65. The Morgan fingerprint density at radius 3 is 0.966 bits per heavy atom. The standard InChI is InChI=1S/C79H135NO8/c1-6-8-10-12-14-16-18-20-22-24-26-28-30-32-33-34-35-36-37-38-39-40-41-42-43-44-45-46-48-50-52-54-56-58-60-62-64-66-68-70-77(82)88-75(74-87-79(78(83)84)85-72-71-80(3,4)5)73-86-76(81)69-67-65-63-61-59-57-55-53-51-49-47-31-29-27-25-23-21-19-17-15-13-11-9-7-2/h8,10,14,16,20,22,26,28,32-33,35-36,38-39,41-42,44-45,48,50,75,79H,6-7,9,11-13,15,17-19,21,23-25,27,29-31,34,37,40,43,46-47,49,51-74H2,1-5H3/b10-8-,16-14-,22-20-,28-26-,33-32-,36-35-,39-38-,42-41-,45-44-,50-48-. The lowest BCUT2D eigenvalue weighted by molar-refractivity contribution is -0.870. The highest BCUT2D eigenvalue weighted by atomic mass is 16.7. The van der Waals surface area contributed by atoms with Crippen LogP contribution in [-0.2, 0) is 33.3 Å². The number of ether oxygens (including phenoxy) is 4. The first-order valence-electron chi connectivity index (χ1n) is 36.2. The molecule has 9 heteroatoms. The maximum atomic E-state index is 12.9. The molecule has 0 bridgehead atoms. The van der Waals surface area contributed by atoms with E-state index in [0.717, 1.165) is 109 Å². The van der Waals surface area contributed by atoms with Crippen molar-refractivity contribution < 1.29 is 42.9 Å². The lowest BCUT2D eigenvalue weighted by atomic mass is 10.0. The van der Waals surface area contributed by atoms with E-state index in [0.29, 0.717) is 17.4 Å². The number of unbranched alkanes of at least 4 members (excludes halogenated alkanes) is 31. The highest BCUT2D eigenvalue weighted by Crippen LogP contribution is 2.18. The fourth-order valence-electron chi connectivity index (χ4n) is 9.98. The third-order valence-corrected chi connectivity index (χ3v) is 15.5. The predicted molar refractivity (Wildman–Crippen MR) is 375 cm³/mol. The Hall–Kier alpha value is -4.31. The Kier molecular flexibility index (Phi) is 65.2. The summed E-state index contributed by atoms with van der Waals surface area (Å²) in [6.07, 6.45) is 94.2. The van der Waals surface area contributed by atoms with Crippen molar-refractivity contribution in [1.82, 2.24) is 0 Å². The quantitative estimate of drug-likeness (QED) is 0.0195. The van der Waals surface area contributed by atoms with E-state index in [1.807, 2.05) is 21.1 Å². The topological polar surface area (TPSA) is 111 Å². The zero-order chi connectivity index (χ0) is 64.0. The molecular weight excluding hydrogens is 1090 g/mol. The van der Waals surface area contributed by atoms with Crippen molar-refractivity contribution in [3.05, 3.63) is 122 Å². The van der Waals surface area contributed by atoms with Crippen LogP contribution in [0.3, 0.4) is 0 Å². The van der Waals surface area contributed by atoms with E-state index >= 15 is 0 Å². The molecule has 0 N–H and O–H groups in total. The second-order valence-electron chi connectivity index (χ2n) is 25.2. The van der Waals surface area contributed by atoms with Crippen molar-refractivity contribution in [2.24, 2.45) is 0 Å². The molecule has 2 atom stereocenters. The first-order chi connectivity index (χ1) is 43.1. The molecule has 2 unspecified atom stereocenters. The summed E-state index contributed by atoms with van der Waals surface area (Å²) in [5, 5.41) is 11.8. The van der Waals surface area contributed by atoms with Crippen LogP contribution in [0.25, 0.3) is 0 Å². The van der Waals surface area contributed by atoms with Gasteiger partial charge in [0.05, 0.1) is 40.3 Å². The minimum Gasteiger partial charge on any atom is -0.545 e. The van der Waals surface area contributed by atoms with Gasteiger partial charge in [-0.2, -0.15) is 0 Å². The van der Waals surface area contributed by atoms with Crippen LogP contribution in [0.5, 0.6) is 0 Å². The number of esters is 2. The Bertz CT molecular complexity index is 1860. The molecule has 9 nitrogen and oxygen atoms in total. The maximum absolute atomic E-state index is 12.9. The van der Waals surface area contributed by atoms with Crippen LogP contribution in [0.15, 0.2) is 122 Å². The minimum atomic E-state index is -1.63. The van der Waals surface area contributed by atoms with Crippen LogP contribution in [-0.4, -0.2) is 82.3 Å². The summed E-state index contributed by atoms with van der Waals surface area (Å²) in [5.74, 6) is -2.29. The number of likely N-dealkylation sites (N-methyl/N-ethyl adjacent to an activating group) is 1. The normalized spacial score (nSPS) is 13.4. The Morgan fingerprint density at radius 2 is 0.648 bits per heavy atom. The monoisotopic (exact) mass is 1230 g/mol. The molecule has 0 saturated heterocycles. The zero-order valence-corrected chi connectivity index (χ0v) is 57.6. The van der Waals surface area contributed by atoms with Gasteiger partial charge in [-0.3, -0.25) is 9.59 Å². The summed E-state index contributed by atoms with van der Waals surface area (Å²) < 4.78 is 22.8. The lowest BCUT2D eigenvalue weighted by Gasteiger charge is -2.26. The number of nitrogens with zero attached hydrogens (tertiary/aromatic N) is 1. The molecule has 0 aliphatic heterocycles. The van der Waals surface area contributed by atoms with Crippen molar-refractivity contribution in [3.8, 4) is 0 Å². The molecule has 0 aromatic rings. The molecule has 0 fully saturated rings. The number of carbonyl (C=O) groups excluding carboxylic acids is 3. The van der Waals surface area contributed by atoms with E-state index in [9.17, 15) is 19.5 Å². The van der Waals surface area contributed by atoms with Crippen LogP contribution in [0.4, 0.5) is 0 Å². The van der Waals surface area contributed by atoms with Gasteiger partial charge >= 0.3 is 11.9 Å². The molecule has 504 valence electrons. The maximum Gasteiger partial charge on any atom is 0.306 e. The van der Waals surface area contributed by atoms with Crippen molar-refractivity contribution in [2.75, 3.05) is 47.5 Å². The van der Waals surface area contributed by atoms with Gasteiger partial charge in [-0.05, 0) is 89.9 Å². The number of hydrogen-bond donors (Lipinski definition) is 0. The third-order valence-electron chi connectivity index (χ3n) is 15.5. The number of quaternary nitrogens is 1. The summed E-state index contributed by atoms with van der Waals surface area (Å²) in [4.78, 5) is 37.5. The molecular formula is C79H135NO8. The smallest absolute Gasteiger partial charge is 0.306 e. The van der Waals surface area contributed by atoms with Crippen molar-refractivity contribution in [1.29, 1.82) is 0 Å². The van der Waals surface area contributed by atoms with E-state index < -0.39 is 24.3 Å². The summed E-state index contributed by atoms with van der Waals surface area (Å²) in [6, 6.07) is 0. The molecule has 88 heavy (non-hydrogen) atoms. The van der Waals surface area contributed by atoms with Crippen molar-refractivity contribution in [2.45, 2.75) is 315 Å². The number of carbonyl (C=O) groups is 3. The van der Waals surface area contributed by atoms with Gasteiger partial charge in [-0.25, -0.2) is 0 Å². The van der Waals surface area contributed by atoms with Gasteiger partial charge in [0.15, 0.2) is 12.4 Å². The van der Waals surface area contributed by atoms with Crippen LogP contribution in [0, 0.1) is 0 Å². The average molecular weight is 1230 g/mol. The number of allylic oxidation sites excluding steroid dienone is 20. The zero-order valence-electron chi connectivity index (χ0n) is 57.6. The molecule has 0 radical (unpaired) electrons. The van der Waals surface area contributed by atoms with Gasteiger partial charge in [0, 0.05) is 12.8 Å². The van der Waals surface area contributed by atoms with Crippen LogP contribution >= 0.6 is 0 Å². The molecule has 0 amide bonds.